The Morgan fingerprint density at radius 1 is 1.11 bits per heavy atom. The SMILES string of the molecule is CCC(C(=O)Oc1c(-c2ccc(F)cc2C)cc(-c2ccccc2)nc1C(C)C)(C(C)O)[PH](=O)OC. The number of carbonyl (C=O) groups excluding carboxylic acids is 1. The molecule has 0 saturated heterocycles. The number of nitrogens with zero attached hydrogens (tertiary/aromatic N) is 1. The molecule has 2 aromatic carbocycles. The maximum atomic E-state index is 14.0. The van der Waals surface area contributed by atoms with E-state index in [0.717, 1.165) is 5.56 Å². The van der Waals surface area contributed by atoms with E-state index < -0.39 is 25.3 Å². The molecule has 3 aromatic rings. The summed E-state index contributed by atoms with van der Waals surface area (Å²) in [5.74, 6) is -1.20. The number of halogens is 1. The van der Waals surface area contributed by atoms with E-state index >= 15 is 0 Å². The van der Waals surface area contributed by atoms with Crippen LogP contribution in [0.3, 0.4) is 0 Å². The molecule has 0 spiro atoms. The average molecular weight is 514 g/mol. The maximum absolute atomic E-state index is 14.0. The number of aromatic nitrogens is 1. The summed E-state index contributed by atoms with van der Waals surface area (Å²) < 4.78 is 37.9. The van der Waals surface area contributed by atoms with E-state index in [-0.39, 0.29) is 23.9 Å². The fourth-order valence-corrected chi connectivity index (χ4v) is 5.52. The van der Waals surface area contributed by atoms with Gasteiger partial charge in [-0.25, -0.2) is 9.37 Å². The Morgan fingerprint density at radius 3 is 2.31 bits per heavy atom. The molecule has 0 bridgehead atoms. The highest BCUT2D eigenvalue weighted by molar-refractivity contribution is 7.42. The number of aliphatic hydroxyl groups is 1. The zero-order chi connectivity index (χ0) is 26.6. The van der Waals surface area contributed by atoms with Crippen molar-refractivity contribution >= 4 is 14.0 Å². The molecule has 0 aliphatic heterocycles. The van der Waals surface area contributed by atoms with E-state index in [1.807, 2.05) is 44.2 Å². The van der Waals surface area contributed by atoms with E-state index in [0.29, 0.717) is 28.1 Å². The fraction of sp³-hybridized carbons (Fsp3) is 0.357. The van der Waals surface area contributed by atoms with Crippen molar-refractivity contribution in [1.82, 2.24) is 4.98 Å². The molecule has 0 aliphatic carbocycles. The van der Waals surface area contributed by atoms with E-state index in [2.05, 4.69) is 0 Å². The Kier molecular flexibility index (Phi) is 8.83. The molecule has 1 N–H and O–H groups in total. The third-order valence-electron chi connectivity index (χ3n) is 6.47. The molecule has 6 nitrogen and oxygen atoms in total. The van der Waals surface area contributed by atoms with Gasteiger partial charge in [0.2, 0.25) is 8.03 Å². The summed E-state index contributed by atoms with van der Waals surface area (Å²) in [4.78, 5) is 18.5. The second-order valence-electron chi connectivity index (χ2n) is 9.13. The van der Waals surface area contributed by atoms with Crippen LogP contribution in [0, 0.1) is 12.7 Å². The minimum Gasteiger partial charge on any atom is -0.423 e. The molecule has 0 saturated carbocycles. The number of rotatable bonds is 9. The van der Waals surface area contributed by atoms with Gasteiger partial charge in [0.25, 0.3) is 0 Å². The molecule has 0 aliphatic rings. The van der Waals surface area contributed by atoms with Crippen LogP contribution >= 0.6 is 8.03 Å². The highest BCUT2D eigenvalue weighted by Crippen LogP contribution is 2.47. The molecule has 0 amide bonds. The van der Waals surface area contributed by atoms with Crippen molar-refractivity contribution in [2.45, 2.75) is 58.2 Å². The molecular formula is C28H33FNO5P. The average Bonchev–Trinajstić information content (AvgIpc) is 2.85. The Balaban J connectivity index is 2.31. The summed E-state index contributed by atoms with van der Waals surface area (Å²) in [6.45, 7) is 8.68. The number of hydrogen-bond donors (Lipinski definition) is 1. The van der Waals surface area contributed by atoms with Gasteiger partial charge in [0.15, 0.2) is 10.9 Å². The molecule has 0 radical (unpaired) electrons. The summed E-state index contributed by atoms with van der Waals surface area (Å²) >= 11 is 0. The van der Waals surface area contributed by atoms with Gasteiger partial charge in [-0.1, -0.05) is 57.2 Å². The second-order valence-corrected chi connectivity index (χ2v) is 11.0. The van der Waals surface area contributed by atoms with Crippen LogP contribution in [0.5, 0.6) is 5.75 Å². The lowest BCUT2D eigenvalue weighted by Crippen LogP contribution is -2.47. The van der Waals surface area contributed by atoms with Gasteiger partial charge in [-0.2, -0.15) is 0 Å². The molecule has 0 fully saturated rings. The fourth-order valence-electron chi connectivity index (χ4n) is 4.31. The van der Waals surface area contributed by atoms with Gasteiger partial charge in [-0.05, 0) is 55.5 Å². The van der Waals surface area contributed by atoms with Gasteiger partial charge < -0.3 is 14.4 Å². The summed E-state index contributed by atoms with van der Waals surface area (Å²) in [5.41, 5.74) is 3.91. The summed E-state index contributed by atoms with van der Waals surface area (Å²) in [7, 11) is -1.77. The van der Waals surface area contributed by atoms with Gasteiger partial charge in [0, 0.05) is 18.2 Å². The number of aryl methyl sites for hydroxylation is 1. The standard InChI is InChI=1S/C28H33FNO5P/c1-7-28(19(5)31,36(33)34-6)27(32)35-26-23(22-14-13-21(29)15-18(22)4)16-24(30-25(26)17(2)3)20-11-9-8-10-12-20/h8-17,19,31,36H,7H2,1-6H3. The van der Waals surface area contributed by atoms with Crippen molar-refractivity contribution in [3.05, 3.63) is 71.7 Å². The van der Waals surface area contributed by atoms with Gasteiger partial charge in [0.1, 0.15) is 5.82 Å². The number of pyridine rings is 1. The maximum Gasteiger partial charge on any atom is 0.329 e. The number of esters is 1. The minimum absolute atomic E-state index is 0.0482. The zero-order valence-electron chi connectivity index (χ0n) is 21.5. The van der Waals surface area contributed by atoms with Crippen molar-refractivity contribution in [2.75, 3.05) is 7.11 Å². The van der Waals surface area contributed by atoms with Gasteiger partial charge in [-0.3, -0.25) is 9.36 Å². The number of aliphatic hydroxyl groups excluding tert-OH is 1. The van der Waals surface area contributed by atoms with E-state index in [9.17, 15) is 18.9 Å². The van der Waals surface area contributed by atoms with Gasteiger partial charge in [-0.15, -0.1) is 0 Å². The van der Waals surface area contributed by atoms with Crippen molar-refractivity contribution in [3.63, 3.8) is 0 Å². The summed E-state index contributed by atoms with van der Waals surface area (Å²) in [6.07, 6.45) is -1.23. The third kappa shape index (κ3) is 5.29. The predicted molar refractivity (Wildman–Crippen MR) is 140 cm³/mol. The normalized spacial score (nSPS) is 14.8. The van der Waals surface area contributed by atoms with Crippen LogP contribution in [-0.4, -0.2) is 34.4 Å². The van der Waals surface area contributed by atoms with Crippen LogP contribution < -0.4 is 4.74 Å². The molecule has 8 heteroatoms. The van der Waals surface area contributed by atoms with Crippen molar-refractivity contribution in [1.29, 1.82) is 0 Å². The van der Waals surface area contributed by atoms with E-state index in [1.54, 1.807) is 26.0 Å². The highest BCUT2D eigenvalue weighted by Gasteiger charge is 2.50. The lowest BCUT2D eigenvalue weighted by molar-refractivity contribution is -0.140. The molecule has 192 valence electrons. The third-order valence-corrected chi connectivity index (χ3v) is 8.55. The predicted octanol–water partition coefficient (Wildman–Crippen LogP) is 6.54. The number of ether oxygens (including phenoxy) is 1. The van der Waals surface area contributed by atoms with Crippen LogP contribution in [0.1, 0.15) is 51.3 Å². The van der Waals surface area contributed by atoms with Gasteiger partial charge in [0.05, 0.1) is 17.5 Å². The first-order valence-corrected chi connectivity index (χ1v) is 13.2. The topological polar surface area (TPSA) is 85.7 Å². The lowest BCUT2D eigenvalue weighted by atomic mass is 9.94. The first-order valence-electron chi connectivity index (χ1n) is 11.9. The molecule has 1 heterocycles. The lowest BCUT2D eigenvalue weighted by Gasteiger charge is -2.32. The molecule has 3 unspecified atom stereocenters. The molecular weight excluding hydrogens is 480 g/mol. The van der Waals surface area contributed by atoms with E-state index in [1.165, 1.54) is 26.2 Å². The molecule has 3 atom stereocenters. The summed E-state index contributed by atoms with van der Waals surface area (Å²) in [5, 5.41) is 8.80. The highest BCUT2D eigenvalue weighted by atomic mass is 31.1. The Labute approximate surface area is 212 Å². The van der Waals surface area contributed by atoms with Crippen LogP contribution in [0.15, 0.2) is 54.6 Å². The quantitative estimate of drug-likeness (QED) is 0.258. The van der Waals surface area contributed by atoms with Crippen molar-refractivity contribution in [3.8, 4) is 28.1 Å². The van der Waals surface area contributed by atoms with Gasteiger partial charge >= 0.3 is 5.97 Å². The van der Waals surface area contributed by atoms with Crippen LogP contribution in [-0.2, 0) is 13.9 Å². The van der Waals surface area contributed by atoms with Crippen LogP contribution in [0.25, 0.3) is 22.4 Å². The Hall–Kier alpha value is -2.86. The van der Waals surface area contributed by atoms with Crippen LogP contribution in [0.4, 0.5) is 4.39 Å². The first kappa shape index (κ1) is 27.7. The molecule has 36 heavy (non-hydrogen) atoms. The van der Waals surface area contributed by atoms with Crippen LogP contribution in [0.2, 0.25) is 0 Å². The minimum atomic E-state index is -3.01. The second kappa shape index (κ2) is 11.5. The smallest absolute Gasteiger partial charge is 0.329 e. The number of benzene rings is 2. The monoisotopic (exact) mass is 513 g/mol. The molecule has 1 aromatic heterocycles. The number of hydrogen-bond acceptors (Lipinski definition) is 6. The van der Waals surface area contributed by atoms with Crippen molar-refractivity contribution < 1.29 is 28.1 Å². The zero-order valence-corrected chi connectivity index (χ0v) is 22.5. The Morgan fingerprint density at radius 2 is 1.78 bits per heavy atom. The number of carbonyl (C=O) groups is 1. The largest absolute Gasteiger partial charge is 0.423 e. The molecule has 3 rings (SSSR count). The Bertz CT molecular complexity index is 1260. The summed E-state index contributed by atoms with van der Waals surface area (Å²) in [6, 6.07) is 15.8. The van der Waals surface area contributed by atoms with E-state index in [4.69, 9.17) is 14.2 Å². The van der Waals surface area contributed by atoms with Crippen molar-refractivity contribution in [2.24, 2.45) is 0 Å². The first-order chi connectivity index (χ1) is 17.1.